The summed E-state index contributed by atoms with van der Waals surface area (Å²) in [5, 5.41) is 5.04. The maximum absolute atomic E-state index is 4.66. The lowest BCUT2D eigenvalue weighted by atomic mass is 9.97. The van der Waals surface area contributed by atoms with Crippen molar-refractivity contribution in [1.29, 1.82) is 0 Å². The van der Waals surface area contributed by atoms with Crippen molar-refractivity contribution in [2.24, 2.45) is 0 Å². The molecule has 2 unspecified atom stereocenters. The molecular formula is C19H27Cl2N3. The summed E-state index contributed by atoms with van der Waals surface area (Å²) in [6.07, 6.45) is 5.34. The van der Waals surface area contributed by atoms with E-state index in [1.807, 2.05) is 0 Å². The van der Waals surface area contributed by atoms with Crippen LogP contribution in [0.4, 0.5) is 0 Å². The molecule has 0 aliphatic carbocycles. The highest BCUT2D eigenvalue weighted by Gasteiger charge is 2.35. The fourth-order valence-electron chi connectivity index (χ4n) is 4.31. The number of fused-ring (bicyclic) bond motifs is 3. The van der Waals surface area contributed by atoms with E-state index in [1.165, 1.54) is 36.6 Å². The number of halogens is 2. The molecule has 2 aliphatic rings. The van der Waals surface area contributed by atoms with Crippen LogP contribution in [0.5, 0.6) is 0 Å². The third kappa shape index (κ3) is 3.85. The third-order valence-electron chi connectivity index (χ3n) is 5.42. The highest BCUT2D eigenvalue weighted by Crippen LogP contribution is 2.30. The van der Waals surface area contributed by atoms with Crippen LogP contribution in [0.3, 0.4) is 0 Å². The van der Waals surface area contributed by atoms with E-state index in [1.54, 1.807) is 0 Å². The monoisotopic (exact) mass is 367 g/mol. The lowest BCUT2D eigenvalue weighted by Gasteiger charge is -2.35. The zero-order chi connectivity index (χ0) is 15.1. The minimum Gasteiger partial charge on any atom is -0.311 e. The van der Waals surface area contributed by atoms with Crippen LogP contribution >= 0.6 is 24.8 Å². The number of pyridine rings is 1. The van der Waals surface area contributed by atoms with Gasteiger partial charge in [0.2, 0.25) is 0 Å². The first-order valence-electron chi connectivity index (χ1n) is 8.50. The zero-order valence-corrected chi connectivity index (χ0v) is 16.0. The van der Waals surface area contributed by atoms with Crippen molar-refractivity contribution >= 4 is 35.7 Å². The largest absolute Gasteiger partial charge is 0.311 e. The van der Waals surface area contributed by atoms with Gasteiger partial charge in [-0.3, -0.25) is 9.88 Å². The summed E-state index contributed by atoms with van der Waals surface area (Å²) in [7, 11) is 2.29. The fraction of sp³-hybridized carbons (Fsp3) is 0.526. The summed E-state index contributed by atoms with van der Waals surface area (Å²) < 4.78 is 0. The van der Waals surface area contributed by atoms with Gasteiger partial charge in [0.1, 0.15) is 0 Å². The molecule has 132 valence electrons. The second-order valence-corrected chi connectivity index (χ2v) is 7.12. The van der Waals surface area contributed by atoms with Crippen molar-refractivity contribution in [3.8, 4) is 0 Å². The first-order chi connectivity index (χ1) is 10.7. The van der Waals surface area contributed by atoms with E-state index in [-0.39, 0.29) is 24.8 Å². The Morgan fingerprint density at radius 1 is 1.12 bits per heavy atom. The highest BCUT2D eigenvalue weighted by atomic mass is 35.5. The number of aromatic nitrogens is 1. The topological polar surface area (TPSA) is 28.2 Å². The Labute approximate surface area is 157 Å². The molecule has 4 rings (SSSR count). The van der Waals surface area contributed by atoms with Crippen LogP contribution in [0.1, 0.15) is 36.9 Å². The number of aryl methyl sites for hydroxylation is 1. The minimum atomic E-state index is 0. The molecule has 2 fully saturated rings. The lowest BCUT2D eigenvalue weighted by molar-refractivity contribution is 0.166. The van der Waals surface area contributed by atoms with Crippen LogP contribution in [-0.4, -0.2) is 35.1 Å². The Kier molecular flexibility index (Phi) is 6.49. The maximum Gasteiger partial charge on any atom is 0.0708 e. The fourth-order valence-corrected chi connectivity index (χ4v) is 4.31. The van der Waals surface area contributed by atoms with Gasteiger partial charge in [-0.2, -0.15) is 0 Å². The SMILES string of the molecule is Cc1cc(CN(C)C2CC3CCC(C2)N3)c2ccccc2n1.Cl.Cl. The lowest BCUT2D eigenvalue weighted by Crippen LogP contribution is -2.46. The molecule has 24 heavy (non-hydrogen) atoms. The Morgan fingerprint density at radius 2 is 1.79 bits per heavy atom. The van der Waals surface area contributed by atoms with Gasteiger partial charge in [0, 0.05) is 35.8 Å². The number of rotatable bonds is 3. The van der Waals surface area contributed by atoms with Gasteiger partial charge in [-0.15, -0.1) is 24.8 Å². The van der Waals surface area contributed by atoms with E-state index in [0.717, 1.165) is 29.8 Å². The maximum atomic E-state index is 4.66. The zero-order valence-electron chi connectivity index (χ0n) is 14.4. The number of nitrogens with one attached hydrogen (secondary N) is 1. The molecule has 3 heterocycles. The Balaban J connectivity index is 0.00000104. The van der Waals surface area contributed by atoms with E-state index in [0.29, 0.717) is 6.04 Å². The molecule has 1 aromatic carbocycles. The average Bonchev–Trinajstić information content (AvgIpc) is 2.85. The first-order valence-corrected chi connectivity index (χ1v) is 8.50. The third-order valence-corrected chi connectivity index (χ3v) is 5.42. The van der Waals surface area contributed by atoms with Gasteiger partial charge in [-0.25, -0.2) is 0 Å². The Bertz CT molecular complexity index is 679. The second-order valence-electron chi connectivity index (χ2n) is 7.12. The van der Waals surface area contributed by atoms with Crippen LogP contribution in [0.2, 0.25) is 0 Å². The molecule has 0 saturated carbocycles. The number of piperidine rings is 1. The molecule has 1 aromatic heterocycles. The predicted molar refractivity (Wildman–Crippen MR) is 105 cm³/mol. The summed E-state index contributed by atoms with van der Waals surface area (Å²) in [6, 6.07) is 13.0. The number of benzene rings is 1. The van der Waals surface area contributed by atoms with Crippen molar-refractivity contribution in [1.82, 2.24) is 15.2 Å². The molecule has 0 amide bonds. The van der Waals surface area contributed by atoms with Crippen molar-refractivity contribution < 1.29 is 0 Å². The van der Waals surface area contributed by atoms with Crippen molar-refractivity contribution in [2.75, 3.05) is 7.05 Å². The van der Waals surface area contributed by atoms with E-state index in [2.05, 4.69) is 59.5 Å². The molecule has 1 N–H and O–H groups in total. The van der Waals surface area contributed by atoms with Crippen molar-refractivity contribution in [3.63, 3.8) is 0 Å². The van der Waals surface area contributed by atoms with Crippen LogP contribution in [0, 0.1) is 6.92 Å². The van der Waals surface area contributed by atoms with E-state index < -0.39 is 0 Å². The molecule has 3 nitrogen and oxygen atoms in total. The summed E-state index contributed by atoms with van der Waals surface area (Å²) in [5.74, 6) is 0. The van der Waals surface area contributed by atoms with E-state index in [4.69, 9.17) is 0 Å². The Morgan fingerprint density at radius 3 is 2.50 bits per heavy atom. The second kappa shape index (κ2) is 8.01. The molecule has 2 saturated heterocycles. The number of hydrogen-bond donors (Lipinski definition) is 1. The van der Waals surface area contributed by atoms with E-state index in [9.17, 15) is 0 Å². The van der Waals surface area contributed by atoms with Crippen LogP contribution in [-0.2, 0) is 6.54 Å². The number of para-hydroxylation sites is 1. The van der Waals surface area contributed by atoms with Gasteiger partial charge >= 0.3 is 0 Å². The molecule has 2 aliphatic heterocycles. The van der Waals surface area contributed by atoms with Gasteiger partial charge in [0.05, 0.1) is 5.52 Å². The smallest absolute Gasteiger partial charge is 0.0708 e. The van der Waals surface area contributed by atoms with Crippen molar-refractivity contribution in [2.45, 2.75) is 57.3 Å². The van der Waals surface area contributed by atoms with Gasteiger partial charge in [0.15, 0.2) is 0 Å². The molecule has 0 spiro atoms. The van der Waals surface area contributed by atoms with Gasteiger partial charge < -0.3 is 5.32 Å². The van der Waals surface area contributed by atoms with Gasteiger partial charge in [0.25, 0.3) is 0 Å². The van der Waals surface area contributed by atoms with Crippen LogP contribution < -0.4 is 5.32 Å². The normalized spacial score (nSPS) is 25.4. The van der Waals surface area contributed by atoms with Gasteiger partial charge in [-0.1, -0.05) is 18.2 Å². The van der Waals surface area contributed by atoms with Crippen LogP contribution in [0.25, 0.3) is 10.9 Å². The first kappa shape index (κ1) is 19.5. The molecular weight excluding hydrogens is 341 g/mol. The summed E-state index contributed by atoms with van der Waals surface area (Å²) in [6.45, 7) is 3.12. The van der Waals surface area contributed by atoms with Gasteiger partial charge in [-0.05, 0) is 57.4 Å². The van der Waals surface area contributed by atoms with E-state index >= 15 is 0 Å². The number of hydrogen-bond acceptors (Lipinski definition) is 3. The number of nitrogens with zero attached hydrogens (tertiary/aromatic N) is 2. The van der Waals surface area contributed by atoms with Crippen LogP contribution in [0.15, 0.2) is 30.3 Å². The van der Waals surface area contributed by atoms with Crippen molar-refractivity contribution in [3.05, 3.63) is 41.6 Å². The molecule has 0 radical (unpaired) electrons. The molecule has 2 bridgehead atoms. The molecule has 5 heteroatoms. The summed E-state index contributed by atoms with van der Waals surface area (Å²) in [4.78, 5) is 7.22. The summed E-state index contributed by atoms with van der Waals surface area (Å²) in [5.41, 5.74) is 3.65. The minimum absolute atomic E-state index is 0. The highest BCUT2D eigenvalue weighted by molar-refractivity contribution is 5.85. The Hall–Kier alpha value is -0.870. The molecule has 2 aromatic rings. The standard InChI is InChI=1S/C19H25N3.2ClH/c1-13-9-14(18-5-3-4-6-19(18)20-13)12-22(2)17-10-15-7-8-16(11-17)21-15;;/h3-6,9,15-17,21H,7-8,10-12H2,1-2H3;2*1H. The quantitative estimate of drug-likeness (QED) is 0.884. The predicted octanol–water partition coefficient (Wildman–Crippen LogP) is 4.10. The summed E-state index contributed by atoms with van der Waals surface area (Å²) >= 11 is 0. The average molecular weight is 368 g/mol. The molecule has 2 atom stereocenters.